The molecule has 0 unspecified atom stereocenters. The van der Waals surface area contributed by atoms with Crippen molar-refractivity contribution in [2.45, 2.75) is 45.6 Å². The Morgan fingerprint density at radius 2 is 2.00 bits per heavy atom. The van der Waals surface area contributed by atoms with E-state index in [-0.39, 0.29) is 55.1 Å². The molecule has 0 saturated carbocycles. The summed E-state index contributed by atoms with van der Waals surface area (Å²) in [5, 5.41) is 15.7. The van der Waals surface area contributed by atoms with Crippen molar-refractivity contribution >= 4 is 65.2 Å². The molecule has 2 aromatic heterocycles. The summed E-state index contributed by atoms with van der Waals surface area (Å²) in [7, 11) is 0. The number of nitrogens with zero attached hydrogens (tertiary/aromatic N) is 2. The molecule has 3 rings (SSSR count). The van der Waals surface area contributed by atoms with Crippen molar-refractivity contribution in [3.05, 3.63) is 27.4 Å². The van der Waals surface area contributed by atoms with E-state index in [0.29, 0.717) is 16.8 Å². The summed E-state index contributed by atoms with van der Waals surface area (Å²) in [5.74, 6) is -0.703. The van der Waals surface area contributed by atoms with Crippen LogP contribution < -0.4 is 10.9 Å². The fourth-order valence-electron chi connectivity index (χ4n) is 3.57. The minimum atomic E-state index is -0.492. The van der Waals surface area contributed by atoms with Crippen LogP contribution in [0.4, 0.5) is 0 Å². The quantitative estimate of drug-likeness (QED) is 0.555. The van der Waals surface area contributed by atoms with E-state index in [1.54, 1.807) is 10.6 Å². The van der Waals surface area contributed by atoms with E-state index >= 15 is 0 Å². The molecule has 146 valence electrons. The number of carbonyl (C=O) groups excluding carboxylic acids is 1. The number of rotatable bonds is 6. The van der Waals surface area contributed by atoms with Crippen molar-refractivity contribution < 1.29 is 9.90 Å². The maximum absolute atomic E-state index is 12.8. The first-order valence-electron chi connectivity index (χ1n) is 9.36. The first-order valence-corrected chi connectivity index (χ1v) is 10.2. The van der Waals surface area contributed by atoms with E-state index in [2.05, 4.69) is 10.2 Å². The number of amides is 1. The van der Waals surface area contributed by atoms with Crippen LogP contribution in [0.3, 0.4) is 0 Å². The second-order valence-corrected chi connectivity index (χ2v) is 8.04. The second-order valence-electron chi connectivity index (χ2n) is 7.14. The van der Waals surface area contributed by atoms with Gasteiger partial charge in [0.15, 0.2) is 0 Å². The summed E-state index contributed by atoms with van der Waals surface area (Å²) in [4.78, 5) is 28.5. The van der Waals surface area contributed by atoms with Crippen molar-refractivity contribution in [1.82, 2.24) is 14.8 Å². The van der Waals surface area contributed by atoms with Crippen LogP contribution in [-0.4, -0.2) is 84.4 Å². The summed E-state index contributed by atoms with van der Waals surface area (Å²) in [6.07, 6.45) is 4.64. The Bertz CT molecular complexity index is 841. The molecule has 1 aliphatic heterocycles. The standard InChI is InChI=1S/C19H27N3O3S.Ca.2H/c1-13(2)22-18(25)15(16(23)14-7-12-26-19(14)22)17(24)20-8-6-11-21-9-4-3-5-10-21;;;/h7,12-13,23H,3-6,8-11H2,1-2H3,(H,20,24);;;. The molecule has 8 heteroatoms. The molecule has 0 aromatic carbocycles. The van der Waals surface area contributed by atoms with E-state index in [9.17, 15) is 14.7 Å². The zero-order valence-corrected chi connectivity index (χ0v) is 16.3. The Balaban J connectivity index is 0.00000261. The SMILES string of the molecule is CC(C)n1c(=O)c(C(=O)NCCCN2CCCCC2)c(O)c2ccsc21.[CaH2]. The first-order chi connectivity index (χ1) is 12.5. The van der Waals surface area contributed by atoms with Crippen LogP contribution in [-0.2, 0) is 0 Å². The van der Waals surface area contributed by atoms with Gasteiger partial charge in [0.2, 0.25) is 0 Å². The Morgan fingerprint density at radius 1 is 1.30 bits per heavy atom. The number of pyridine rings is 1. The van der Waals surface area contributed by atoms with E-state index in [0.717, 1.165) is 26.1 Å². The molecule has 1 saturated heterocycles. The minimum absolute atomic E-state index is 0. The van der Waals surface area contributed by atoms with Gasteiger partial charge in [-0.1, -0.05) is 6.42 Å². The van der Waals surface area contributed by atoms with Gasteiger partial charge < -0.3 is 15.3 Å². The predicted octanol–water partition coefficient (Wildman–Crippen LogP) is 2.04. The normalized spacial score (nSPS) is 15.1. The molecule has 1 amide bonds. The molecule has 0 radical (unpaired) electrons. The number of aromatic hydroxyl groups is 1. The van der Waals surface area contributed by atoms with Gasteiger partial charge >= 0.3 is 37.7 Å². The van der Waals surface area contributed by atoms with Crippen molar-refractivity contribution in [3.8, 4) is 5.75 Å². The van der Waals surface area contributed by atoms with Gasteiger partial charge in [0.25, 0.3) is 11.5 Å². The molecule has 0 aliphatic carbocycles. The fourth-order valence-corrected chi connectivity index (χ4v) is 4.60. The van der Waals surface area contributed by atoms with Gasteiger partial charge in [-0.25, -0.2) is 0 Å². The van der Waals surface area contributed by atoms with Gasteiger partial charge in [0, 0.05) is 12.6 Å². The topological polar surface area (TPSA) is 74.6 Å². The number of nitrogens with one attached hydrogen (secondary N) is 1. The maximum atomic E-state index is 12.8. The summed E-state index contributed by atoms with van der Waals surface area (Å²) >= 11 is 1.39. The third-order valence-corrected chi connectivity index (χ3v) is 5.83. The summed E-state index contributed by atoms with van der Waals surface area (Å²) in [5.41, 5.74) is -0.580. The van der Waals surface area contributed by atoms with Crippen molar-refractivity contribution in [1.29, 1.82) is 0 Å². The van der Waals surface area contributed by atoms with Gasteiger partial charge in [-0.05, 0) is 64.2 Å². The second kappa shape index (κ2) is 10.3. The predicted molar refractivity (Wildman–Crippen MR) is 114 cm³/mol. The fraction of sp³-hybridized carbons (Fsp3) is 0.579. The third-order valence-electron chi connectivity index (χ3n) is 4.92. The number of carbonyl (C=O) groups is 1. The van der Waals surface area contributed by atoms with E-state index < -0.39 is 11.5 Å². The van der Waals surface area contributed by atoms with Crippen molar-refractivity contribution in [3.63, 3.8) is 0 Å². The summed E-state index contributed by atoms with van der Waals surface area (Å²) < 4.78 is 1.59. The number of fused-ring (bicyclic) bond motifs is 1. The Labute approximate surface area is 193 Å². The summed E-state index contributed by atoms with van der Waals surface area (Å²) in [6, 6.07) is 1.66. The summed E-state index contributed by atoms with van der Waals surface area (Å²) in [6.45, 7) is 7.50. The number of likely N-dealkylation sites (tertiary alicyclic amines) is 1. The Kier molecular flexibility index (Phi) is 8.62. The van der Waals surface area contributed by atoms with Crippen LogP contribution in [0.5, 0.6) is 5.75 Å². The molecule has 27 heavy (non-hydrogen) atoms. The van der Waals surface area contributed by atoms with Crippen LogP contribution in [0, 0.1) is 0 Å². The average molecular weight is 420 g/mol. The molecular weight excluding hydrogens is 390 g/mol. The first kappa shape index (κ1) is 22.7. The molecule has 1 fully saturated rings. The van der Waals surface area contributed by atoms with Crippen LogP contribution in [0.1, 0.15) is 55.9 Å². The van der Waals surface area contributed by atoms with Crippen molar-refractivity contribution in [2.24, 2.45) is 0 Å². The van der Waals surface area contributed by atoms with Gasteiger partial charge in [0.05, 0.1) is 5.39 Å². The van der Waals surface area contributed by atoms with Gasteiger partial charge in [-0.15, -0.1) is 11.3 Å². The third kappa shape index (κ3) is 5.07. The molecule has 3 heterocycles. The Hall–Kier alpha value is -0.600. The van der Waals surface area contributed by atoms with Gasteiger partial charge in [-0.3, -0.25) is 14.2 Å². The molecule has 2 N–H and O–H groups in total. The molecule has 1 aliphatic rings. The molecule has 0 atom stereocenters. The molecule has 6 nitrogen and oxygen atoms in total. The monoisotopic (exact) mass is 419 g/mol. The van der Waals surface area contributed by atoms with E-state index in [1.807, 2.05) is 19.2 Å². The average Bonchev–Trinajstić information content (AvgIpc) is 3.09. The number of hydrogen-bond acceptors (Lipinski definition) is 5. The number of thiophene rings is 1. The molecule has 0 spiro atoms. The van der Waals surface area contributed by atoms with Gasteiger partial charge in [-0.2, -0.15) is 0 Å². The molecular formula is C19H29CaN3O3S. The van der Waals surface area contributed by atoms with Crippen LogP contribution in [0.15, 0.2) is 16.2 Å². The van der Waals surface area contributed by atoms with Crippen LogP contribution in [0.2, 0.25) is 0 Å². The zero-order chi connectivity index (χ0) is 18.7. The number of aromatic nitrogens is 1. The van der Waals surface area contributed by atoms with Crippen molar-refractivity contribution in [2.75, 3.05) is 26.2 Å². The van der Waals surface area contributed by atoms with E-state index in [1.165, 1.54) is 30.6 Å². The Morgan fingerprint density at radius 3 is 2.67 bits per heavy atom. The molecule has 0 bridgehead atoms. The van der Waals surface area contributed by atoms with Gasteiger partial charge in [0.1, 0.15) is 16.1 Å². The number of hydrogen-bond donors (Lipinski definition) is 2. The molecule has 2 aromatic rings. The number of piperidine rings is 1. The zero-order valence-electron chi connectivity index (χ0n) is 15.5. The van der Waals surface area contributed by atoms with Crippen LogP contribution in [0.25, 0.3) is 10.2 Å². The van der Waals surface area contributed by atoms with Crippen LogP contribution >= 0.6 is 11.3 Å². The van der Waals surface area contributed by atoms with E-state index in [4.69, 9.17) is 0 Å².